The van der Waals surface area contributed by atoms with E-state index in [2.05, 4.69) is 15.3 Å². The molecule has 5 nitrogen and oxygen atoms in total. The minimum absolute atomic E-state index is 0.265. The van der Waals surface area contributed by atoms with Gasteiger partial charge in [-0.2, -0.15) is 0 Å². The van der Waals surface area contributed by atoms with Gasteiger partial charge in [-0.25, -0.2) is 14.4 Å². The van der Waals surface area contributed by atoms with E-state index in [-0.39, 0.29) is 5.03 Å². The molecule has 20 heavy (non-hydrogen) atoms. The van der Waals surface area contributed by atoms with E-state index in [1.807, 2.05) is 18.2 Å². The Morgan fingerprint density at radius 3 is 2.85 bits per heavy atom. The second-order valence-corrected chi connectivity index (χ2v) is 5.07. The monoisotopic (exact) mass is 293 g/mol. The fourth-order valence-corrected chi connectivity index (χ4v) is 2.55. The number of hydrogen-bond donors (Lipinski definition) is 1. The molecule has 0 fully saturated rings. The van der Waals surface area contributed by atoms with Gasteiger partial charge in [0, 0.05) is 11.9 Å². The van der Waals surface area contributed by atoms with E-state index in [0.717, 1.165) is 11.1 Å². The summed E-state index contributed by atoms with van der Waals surface area (Å²) in [6.07, 6.45) is 1.15. The Labute approximate surface area is 119 Å². The first-order chi connectivity index (χ1) is 9.76. The van der Waals surface area contributed by atoms with Crippen LogP contribution in [0.5, 0.6) is 11.5 Å². The van der Waals surface area contributed by atoms with Gasteiger partial charge in [-0.15, -0.1) is 0 Å². The van der Waals surface area contributed by atoms with Crippen molar-refractivity contribution < 1.29 is 13.9 Å². The van der Waals surface area contributed by atoms with Crippen molar-refractivity contribution in [2.24, 2.45) is 0 Å². The highest BCUT2D eigenvalue weighted by Gasteiger charge is 2.14. The predicted molar refractivity (Wildman–Crippen MR) is 73.1 cm³/mol. The summed E-state index contributed by atoms with van der Waals surface area (Å²) in [5.41, 5.74) is 0. The molecule has 0 aliphatic carbocycles. The summed E-state index contributed by atoms with van der Waals surface area (Å²) in [5.74, 6) is 1.31. The molecule has 2 aromatic rings. The molecule has 0 radical (unpaired) electrons. The summed E-state index contributed by atoms with van der Waals surface area (Å²) in [6, 6.07) is 5.48. The first-order valence-electron chi connectivity index (χ1n) is 6.04. The zero-order chi connectivity index (χ0) is 13.9. The van der Waals surface area contributed by atoms with E-state index in [9.17, 15) is 4.39 Å². The molecule has 1 aliphatic rings. The zero-order valence-electron chi connectivity index (χ0n) is 10.7. The molecule has 0 atom stereocenters. The molecule has 104 valence electrons. The van der Waals surface area contributed by atoms with E-state index in [4.69, 9.17) is 9.47 Å². The zero-order valence-corrected chi connectivity index (χ0v) is 11.5. The van der Waals surface area contributed by atoms with Gasteiger partial charge < -0.3 is 14.8 Å². The molecule has 0 bridgehead atoms. The first kappa shape index (κ1) is 13.0. The van der Waals surface area contributed by atoms with Gasteiger partial charge in [0.25, 0.3) is 0 Å². The van der Waals surface area contributed by atoms with Crippen molar-refractivity contribution in [3.63, 3.8) is 0 Å². The minimum atomic E-state index is -0.455. The van der Waals surface area contributed by atoms with Crippen LogP contribution in [0.3, 0.4) is 0 Å². The van der Waals surface area contributed by atoms with Crippen LogP contribution in [0.2, 0.25) is 0 Å². The van der Waals surface area contributed by atoms with Crippen molar-refractivity contribution in [2.75, 3.05) is 25.6 Å². The van der Waals surface area contributed by atoms with Gasteiger partial charge in [-0.1, -0.05) is 11.8 Å². The lowest BCUT2D eigenvalue weighted by atomic mass is 10.3. The van der Waals surface area contributed by atoms with Gasteiger partial charge >= 0.3 is 0 Å². The molecule has 0 saturated heterocycles. The van der Waals surface area contributed by atoms with Crippen LogP contribution in [0.4, 0.5) is 10.3 Å². The Bertz CT molecular complexity index is 639. The van der Waals surface area contributed by atoms with Crippen molar-refractivity contribution in [3.8, 4) is 11.5 Å². The average Bonchev–Trinajstić information content (AvgIpc) is 2.49. The predicted octanol–water partition coefficient (Wildman–Crippen LogP) is 2.58. The summed E-state index contributed by atoms with van der Waals surface area (Å²) in [5, 5.41) is 3.05. The Hall–Kier alpha value is -2.02. The Morgan fingerprint density at radius 2 is 2.05 bits per heavy atom. The number of aromatic nitrogens is 2. The molecule has 0 unspecified atom stereocenters. The molecule has 2 heterocycles. The smallest absolute Gasteiger partial charge is 0.223 e. The van der Waals surface area contributed by atoms with Crippen molar-refractivity contribution in [3.05, 3.63) is 30.2 Å². The van der Waals surface area contributed by atoms with Crippen molar-refractivity contribution in [2.45, 2.75) is 9.92 Å². The molecule has 1 aromatic heterocycles. The molecule has 3 rings (SSSR count). The van der Waals surface area contributed by atoms with E-state index in [1.54, 1.807) is 7.05 Å². The summed E-state index contributed by atoms with van der Waals surface area (Å²) in [7, 11) is 1.69. The standard InChI is InChI=1S/C13H12FN3O2S/c1-15-13-16-7-9(14)12(17-13)20-8-2-3-10-11(6-8)19-5-4-18-10/h2-3,6-7H,4-5H2,1H3,(H,15,16,17). The highest BCUT2D eigenvalue weighted by atomic mass is 32.2. The van der Waals surface area contributed by atoms with Gasteiger partial charge in [0.15, 0.2) is 17.3 Å². The minimum Gasteiger partial charge on any atom is -0.486 e. The SMILES string of the molecule is CNc1ncc(F)c(Sc2ccc3c(c2)OCCO3)n1. The maximum atomic E-state index is 13.7. The molecular formula is C13H12FN3O2S. The summed E-state index contributed by atoms with van der Waals surface area (Å²) < 4.78 is 24.6. The molecule has 1 aliphatic heterocycles. The van der Waals surface area contributed by atoms with Gasteiger partial charge in [0.05, 0.1) is 6.20 Å². The third-order valence-electron chi connectivity index (χ3n) is 2.66. The lowest BCUT2D eigenvalue weighted by Crippen LogP contribution is -2.15. The highest BCUT2D eigenvalue weighted by molar-refractivity contribution is 7.99. The summed E-state index contributed by atoms with van der Waals surface area (Å²) in [4.78, 5) is 8.73. The van der Waals surface area contributed by atoms with E-state index in [0.29, 0.717) is 30.7 Å². The fourth-order valence-electron chi connectivity index (χ4n) is 1.74. The number of hydrogen-bond acceptors (Lipinski definition) is 6. The van der Waals surface area contributed by atoms with E-state index in [1.165, 1.54) is 11.8 Å². The van der Waals surface area contributed by atoms with Crippen LogP contribution in [0.1, 0.15) is 0 Å². The summed E-state index contributed by atoms with van der Waals surface area (Å²) >= 11 is 1.21. The van der Waals surface area contributed by atoms with Crippen molar-refractivity contribution in [1.29, 1.82) is 0 Å². The number of rotatable bonds is 3. The van der Waals surface area contributed by atoms with Gasteiger partial charge in [-0.05, 0) is 18.2 Å². The van der Waals surface area contributed by atoms with Crippen molar-refractivity contribution >= 4 is 17.7 Å². The van der Waals surface area contributed by atoms with Gasteiger partial charge in [-0.3, -0.25) is 0 Å². The number of benzene rings is 1. The Balaban J connectivity index is 1.87. The van der Waals surface area contributed by atoms with Crippen LogP contribution >= 0.6 is 11.8 Å². The average molecular weight is 293 g/mol. The highest BCUT2D eigenvalue weighted by Crippen LogP contribution is 2.36. The van der Waals surface area contributed by atoms with Crippen LogP contribution < -0.4 is 14.8 Å². The lowest BCUT2D eigenvalue weighted by molar-refractivity contribution is 0.171. The summed E-state index contributed by atoms with van der Waals surface area (Å²) in [6.45, 7) is 1.07. The van der Waals surface area contributed by atoms with Crippen LogP contribution in [-0.4, -0.2) is 30.2 Å². The van der Waals surface area contributed by atoms with Gasteiger partial charge in [0.2, 0.25) is 5.95 Å². The maximum absolute atomic E-state index is 13.7. The van der Waals surface area contributed by atoms with Crippen LogP contribution in [0.25, 0.3) is 0 Å². The Morgan fingerprint density at radius 1 is 1.25 bits per heavy atom. The van der Waals surface area contributed by atoms with Crippen molar-refractivity contribution in [1.82, 2.24) is 9.97 Å². The molecule has 0 spiro atoms. The largest absolute Gasteiger partial charge is 0.486 e. The molecule has 0 amide bonds. The second-order valence-electron chi connectivity index (χ2n) is 4.00. The molecule has 0 saturated carbocycles. The molecular weight excluding hydrogens is 281 g/mol. The number of halogens is 1. The first-order valence-corrected chi connectivity index (χ1v) is 6.86. The fraction of sp³-hybridized carbons (Fsp3) is 0.231. The lowest BCUT2D eigenvalue weighted by Gasteiger charge is -2.18. The van der Waals surface area contributed by atoms with Crippen LogP contribution in [0, 0.1) is 5.82 Å². The van der Waals surface area contributed by atoms with E-state index >= 15 is 0 Å². The quantitative estimate of drug-likeness (QED) is 0.878. The normalized spacial score (nSPS) is 13.1. The number of nitrogens with one attached hydrogen (secondary N) is 1. The second kappa shape index (κ2) is 5.54. The number of ether oxygens (including phenoxy) is 2. The third kappa shape index (κ3) is 2.62. The number of nitrogens with zero attached hydrogens (tertiary/aromatic N) is 2. The van der Waals surface area contributed by atoms with Gasteiger partial charge in [0.1, 0.15) is 18.2 Å². The molecule has 7 heteroatoms. The number of fused-ring (bicyclic) bond motifs is 1. The Kier molecular flexibility index (Phi) is 3.60. The maximum Gasteiger partial charge on any atom is 0.223 e. The topological polar surface area (TPSA) is 56.3 Å². The van der Waals surface area contributed by atoms with Crippen LogP contribution in [0.15, 0.2) is 34.3 Å². The third-order valence-corrected chi connectivity index (χ3v) is 3.63. The molecule has 1 N–H and O–H groups in total. The molecule has 1 aromatic carbocycles. The van der Waals surface area contributed by atoms with E-state index < -0.39 is 5.82 Å². The number of anilines is 1. The van der Waals surface area contributed by atoms with Crippen LogP contribution in [-0.2, 0) is 0 Å².